The largest absolute Gasteiger partial charge is 0.462 e. The molecule has 0 aromatic rings. The van der Waals surface area contributed by atoms with Gasteiger partial charge in [-0.2, -0.15) is 0 Å². The lowest BCUT2D eigenvalue weighted by molar-refractivity contribution is -0.167. The minimum absolute atomic E-state index is 0.0750. The average Bonchev–Trinajstić information content (AvgIpc) is 3.44. The molecule has 6 heteroatoms. The molecule has 78 heavy (non-hydrogen) atoms. The van der Waals surface area contributed by atoms with E-state index in [0.717, 1.165) is 89.9 Å². The van der Waals surface area contributed by atoms with E-state index in [0.29, 0.717) is 19.3 Å². The number of carbonyl (C=O) groups is 3. The highest BCUT2D eigenvalue weighted by Crippen LogP contribution is 2.18. The second kappa shape index (κ2) is 66.6. The Hall–Kier alpha value is -2.89. The first-order valence-corrected chi connectivity index (χ1v) is 34.3. The van der Waals surface area contributed by atoms with Crippen molar-refractivity contribution in [3.8, 4) is 0 Å². The van der Waals surface area contributed by atoms with Gasteiger partial charge in [-0.05, 0) is 83.5 Å². The second-order valence-corrected chi connectivity index (χ2v) is 23.1. The number of hydrogen-bond donors (Lipinski definition) is 0. The van der Waals surface area contributed by atoms with Crippen LogP contribution in [-0.4, -0.2) is 37.2 Å². The molecule has 0 aromatic heterocycles. The summed E-state index contributed by atoms with van der Waals surface area (Å²) < 4.78 is 17.0. The summed E-state index contributed by atoms with van der Waals surface area (Å²) in [4.78, 5) is 38.4. The Kier molecular flexibility index (Phi) is 64.2. The van der Waals surface area contributed by atoms with Crippen molar-refractivity contribution in [2.75, 3.05) is 13.2 Å². The van der Waals surface area contributed by atoms with E-state index < -0.39 is 6.10 Å². The van der Waals surface area contributed by atoms with Crippen LogP contribution in [0.2, 0.25) is 0 Å². The van der Waals surface area contributed by atoms with E-state index in [1.807, 2.05) is 0 Å². The maximum atomic E-state index is 12.9. The topological polar surface area (TPSA) is 78.9 Å². The molecule has 6 nitrogen and oxygen atoms in total. The van der Waals surface area contributed by atoms with E-state index in [1.54, 1.807) is 0 Å². The van der Waals surface area contributed by atoms with Gasteiger partial charge in [0, 0.05) is 19.3 Å². The van der Waals surface area contributed by atoms with E-state index >= 15 is 0 Å². The van der Waals surface area contributed by atoms with Crippen LogP contribution >= 0.6 is 0 Å². The zero-order chi connectivity index (χ0) is 56.4. The van der Waals surface area contributed by atoms with Crippen LogP contribution in [0.25, 0.3) is 0 Å². The third-order valence-corrected chi connectivity index (χ3v) is 15.2. The molecule has 0 aliphatic rings. The molecular formula is C72H130O6. The summed E-state index contributed by atoms with van der Waals surface area (Å²) in [7, 11) is 0. The van der Waals surface area contributed by atoms with E-state index in [2.05, 4.69) is 81.5 Å². The smallest absolute Gasteiger partial charge is 0.306 e. The predicted molar refractivity (Wildman–Crippen MR) is 339 cm³/mol. The quantitative estimate of drug-likeness (QED) is 0.0261. The first-order chi connectivity index (χ1) is 38.5. The predicted octanol–water partition coefficient (Wildman–Crippen LogP) is 23.5. The first kappa shape index (κ1) is 75.1. The van der Waals surface area contributed by atoms with Gasteiger partial charge in [-0.15, -0.1) is 0 Å². The third-order valence-electron chi connectivity index (χ3n) is 15.2. The van der Waals surface area contributed by atoms with Crippen LogP contribution < -0.4 is 0 Å². The Morgan fingerprint density at radius 3 is 0.756 bits per heavy atom. The van der Waals surface area contributed by atoms with Crippen LogP contribution in [0.5, 0.6) is 0 Å². The molecule has 0 aliphatic carbocycles. The standard InChI is InChI=1S/C72H130O6/c1-4-7-10-13-16-19-22-25-28-30-31-32-33-34-35-36-37-38-39-40-41-43-44-47-50-53-56-59-62-65-71(74)77-68-69(67-76-70(73)64-61-58-55-52-49-46-27-24-21-18-15-12-9-6-3)78-72(75)66-63-60-57-54-51-48-45-42-29-26-23-20-17-14-11-8-5-2/h15,18,22,24-25,27,30-31,33-34,69H,4-14,16-17,19-21,23,26,28-29,32,35-68H2,1-3H3/b18-15-,25-22-,27-24-,31-30-,34-33-. The lowest BCUT2D eigenvalue weighted by Gasteiger charge is -2.18. The molecule has 0 rings (SSSR count). The molecular weight excluding hydrogens is 961 g/mol. The van der Waals surface area contributed by atoms with Crippen LogP contribution in [0.3, 0.4) is 0 Å². The van der Waals surface area contributed by atoms with Gasteiger partial charge in [0.05, 0.1) is 0 Å². The highest BCUT2D eigenvalue weighted by Gasteiger charge is 2.19. The number of unbranched alkanes of at least 4 members (excludes halogenated alkanes) is 42. The molecule has 0 saturated heterocycles. The number of hydrogen-bond acceptors (Lipinski definition) is 6. The molecule has 0 fully saturated rings. The third kappa shape index (κ3) is 63.9. The fourth-order valence-electron chi connectivity index (χ4n) is 10.1. The van der Waals surface area contributed by atoms with Crippen LogP contribution in [0.15, 0.2) is 60.8 Å². The van der Waals surface area contributed by atoms with Crippen molar-refractivity contribution in [1.82, 2.24) is 0 Å². The molecule has 0 aromatic carbocycles. The Morgan fingerprint density at radius 1 is 0.256 bits per heavy atom. The monoisotopic (exact) mass is 1090 g/mol. The van der Waals surface area contributed by atoms with Crippen LogP contribution in [0, 0.1) is 0 Å². The summed E-state index contributed by atoms with van der Waals surface area (Å²) in [5.41, 5.74) is 0. The lowest BCUT2D eigenvalue weighted by atomic mass is 10.0. The second-order valence-electron chi connectivity index (χ2n) is 23.1. The first-order valence-electron chi connectivity index (χ1n) is 34.3. The zero-order valence-electron chi connectivity index (χ0n) is 52.2. The molecule has 0 spiro atoms. The van der Waals surface area contributed by atoms with Crippen molar-refractivity contribution < 1.29 is 28.6 Å². The summed E-state index contributed by atoms with van der Waals surface area (Å²) in [5.74, 6) is -0.868. The van der Waals surface area contributed by atoms with Gasteiger partial charge in [-0.25, -0.2) is 0 Å². The number of rotatable bonds is 63. The zero-order valence-corrected chi connectivity index (χ0v) is 52.2. The molecule has 1 unspecified atom stereocenters. The summed E-state index contributed by atoms with van der Waals surface area (Å²) >= 11 is 0. The molecule has 0 aliphatic heterocycles. The normalized spacial score (nSPS) is 12.4. The lowest BCUT2D eigenvalue weighted by Crippen LogP contribution is -2.30. The van der Waals surface area contributed by atoms with Gasteiger partial charge in [0.15, 0.2) is 6.10 Å². The molecule has 0 saturated carbocycles. The van der Waals surface area contributed by atoms with Gasteiger partial charge in [0.25, 0.3) is 0 Å². The van der Waals surface area contributed by atoms with Gasteiger partial charge in [-0.1, -0.05) is 319 Å². The van der Waals surface area contributed by atoms with Crippen LogP contribution in [0.1, 0.15) is 361 Å². The minimum atomic E-state index is -0.779. The van der Waals surface area contributed by atoms with Gasteiger partial charge in [0.1, 0.15) is 13.2 Å². The summed E-state index contributed by atoms with van der Waals surface area (Å²) in [6, 6.07) is 0. The number of ether oxygens (including phenoxy) is 3. The Bertz CT molecular complexity index is 1390. The number of esters is 3. The Morgan fingerprint density at radius 2 is 0.474 bits per heavy atom. The van der Waals surface area contributed by atoms with Crippen molar-refractivity contribution in [2.24, 2.45) is 0 Å². The molecule has 0 radical (unpaired) electrons. The highest BCUT2D eigenvalue weighted by molar-refractivity contribution is 5.71. The molecule has 0 amide bonds. The SMILES string of the molecule is CCCC/C=C\C/C=C\CCCCCCCC(=O)OCC(COC(=O)CCCCCCCCCCCCCCCC/C=C\C/C=C\C/C=C\CCCCCCC)OC(=O)CCCCCCCCCCCCCCCCCCC. The fourth-order valence-corrected chi connectivity index (χ4v) is 10.1. The van der Waals surface area contributed by atoms with Gasteiger partial charge < -0.3 is 14.2 Å². The van der Waals surface area contributed by atoms with Crippen LogP contribution in [0.4, 0.5) is 0 Å². The van der Waals surface area contributed by atoms with Gasteiger partial charge >= 0.3 is 17.9 Å². The van der Waals surface area contributed by atoms with E-state index in [9.17, 15) is 14.4 Å². The van der Waals surface area contributed by atoms with Crippen molar-refractivity contribution >= 4 is 17.9 Å². The number of carbonyl (C=O) groups excluding carboxylic acids is 3. The Balaban J connectivity index is 4.23. The van der Waals surface area contributed by atoms with E-state index in [-0.39, 0.29) is 31.1 Å². The number of allylic oxidation sites excluding steroid dienone is 10. The van der Waals surface area contributed by atoms with E-state index in [1.165, 1.54) is 231 Å². The summed E-state index contributed by atoms with van der Waals surface area (Å²) in [6.07, 6.45) is 85.3. The van der Waals surface area contributed by atoms with Crippen molar-refractivity contribution in [3.63, 3.8) is 0 Å². The van der Waals surface area contributed by atoms with Gasteiger partial charge in [0.2, 0.25) is 0 Å². The highest BCUT2D eigenvalue weighted by atomic mass is 16.6. The molecule has 0 heterocycles. The average molecular weight is 1090 g/mol. The van der Waals surface area contributed by atoms with Gasteiger partial charge in [-0.3, -0.25) is 14.4 Å². The summed E-state index contributed by atoms with van der Waals surface area (Å²) in [5, 5.41) is 0. The molecule has 1 atom stereocenters. The molecule has 0 N–H and O–H groups in total. The molecule has 0 bridgehead atoms. The van der Waals surface area contributed by atoms with E-state index in [4.69, 9.17) is 14.2 Å². The summed E-state index contributed by atoms with van der Waals surface area (Å²) in [6.45, 7) is 6.63. The minimum Gasteiger partial charge on any atom is -0.462 e. The van der Waals surface area contributed by atoms with Crippen LogP contribution in [-0.2, 0) is 28.6 Å². The maximum absolute atomic E-state index is 12.9. The van der Waals surface area contributed by atoms with Crippen molar-refractivity contribution in [1.29, 1.82) is 0 Å². The molecule has 454 valence electrons. The maximum Gasteiger partial charge on any atom is 0.306 e. The van der Waals surface area contributed by atoms with Crippen molar-refractivity contribution in [3.05, 3.63) is 60.8 Å². The van der Waals surface area contributed by atoms with Crippen molar-refractivity contribution in [2.45, 2.75) is 367 Å². The fraction of sp³-hybridized carbons (Fsp3) is 0.819. The Labute approximate surface area is 485 Å².